The van der Waals surface area contributed by atoms with Crippen molar-refractivity contribution in [2.45, 2.75) is 19.3 Å². The Kier molecular flexibility index (Phi) is 7.54. The van der Waals surface area contributed by atoms with Crippen LogP contribution in [0, 0.1) is 0 Å². The number of anilines is 2. The minimum Gasteiger partial charge on any atom is -0.495 e. The van der Waals surface area contributed by atoms with Crippen molar-refractivity contribution in [1.82, 2.24) is 19.5 Å². The molecule has 0 unspecified atom stereocenters. The molecule has 1 fully saturated rings. The number of carbonyl (C=O) groups is 1. The number of ether oxygens (including phenoxy) is 2. The van der Waals surface area contributed by atoms with Crippen molar-refractivity contribution in [3.63, 3.8) is 0 Å². The predicted octanol–water partition coefficient (Wildman–Crippen LogP) is 4.37. The van der Waals surface area contributed by atoms with Crippen LogP contribution in [0.1, 0.15) is 18.4 Å². The van der Waals surface area contributed by atoms with Gasteiger partial charge in [-0.1, -0.05) is 36.4 Å². The van der Waals surface area contributed by atoms with E-state index in [0.29, 0.717) is 18.8 Å². The molecule has 0 amide bonds. The van der Waals surface area contributed by atoms with E-state index < -0.39 is 0 Å². The fraction of sp³-hybridized carbons (Fsp3) is 0.321. The first kappa shape index (κ1) is 24.0. The molecule has 0 spiro atoms. The fourth-order valence-electron chi connectivity index (χ4n) is 4.48. The zero-order valence-corrected chi connectivity index (χ0v) is 20.5. The van der Waals surface area contributed by atoms with Crippen LogP contribution in [0.25, 0.3) is 16.8 Å². The first-order valence-corrected chi connectivity index (χ1v) is 12.4. The molecule has 0 saturated carbocycles. The monoisotopic (exact) mass is 485 g/mol. The van der Waals surface area contributed by atoms with E-state index in [1.54, 1.807) is 11.6 Å². The smallest absolute Gasteiger partial charge is 0.247 e. The third kappa shape index (κ3) is 5.90. The van der Waals surface area contributed by atoms with Crippen LogP contribution in [0.4, 0.5) is 11.6 Å². The van der Waals surface area contributed by atoms with Gasteiger partial charge in [-0.25, -0.2) is 4.52 Å². The van der Waals surface area contributed by atoms with Crippen LogP contribution in [-0.2, 0) is 16.0 Å². The minimum absolute atomic E-state index is 0.277. The Morgan fingerprint density at radius 3 is 2.78 bits per heavy atom. The third-order valence-electron chi connectivity index (χ3n) is 6.38. The van der Waals surface area contributed by atoms with Gasteiger partial charge in [0, 0.05) is 37.7 Å². The SMILES string of the molecule is COc1ccccc1Nc1nc2ccc(-c3cccc(CC(=O)CCCN4CCOCC4)c3)cn2n1. The van der Waals surface area contributed by atoms with Gasteiger partial charge in [0.05, 0.1) is 26.0 Å². The number of Topliss-reactive ketones (excluding diaryl/α,β-unsaturated/α-hetero) is 1. The number of morpholine rings is 1. The number of carbonyl (C=O) groups excluding carboxylic acids is 1. The Labute approximate surface area is 210 Å². The number of pyridine rings is 1. The van der Waals surface area contributed by atoms with Gasteiger partial charge in [-0.2, -0.15) is 4.98 Å². The molecular formula is C28H31N5O3. The first-order valence-electron chi connectivity index (χ1n) is 12.4. The molecule has 2 aromatic heterocycles. The quantitative estimate of drug-likeness (QED) is 0.357. The van der Waals surface area contributed by atoms with Crippen LogP contribution in [0.5, 0.6) is 5.75 Å². The maximum absolute atomic E-state index is 12.6. The summed E-state index contributed by atoms with van der Waals surface area (Å²) in [5.41, 5.74) is 4.63. The number of methoxy groups -OCH3 is 1. The normalized spacial score (nSPS) is 14.1. The molecule has 8 heteroatoms. The molecule has 36 heavy (non-hydrogen) atoms. The van der Waals surface area contributed by atoms with Gasteiger partial charge in [-0.05, 0) is 48.4 Å². The minimum atomic E-state index is 0.277. The summed E-state index contributed by atoms with van der Waals surface area (Å²) in [7, 11) is 1.64. The molecule has 8 nitrogen and oxygen atoms in total. The van der Waals surface area contributed by atoms with E-state index in [4.69, 9.17) is 9.47 Å². The number of nitrogens with one attached hydrogen (secondary N) is 1. The summed E-state index contributed by atoms with van der Waals surface area (Å²) in [6.45, 7) is 4.47. The van der Waals surface area contributed by atoms with Crippen LogP contribution in [0.15, 0.2) is 66.9 Å². The lowest BCUT2D eigenvalue weighted by molar-refractivity contribution is -0.118. The third-order valence-corrected chi connectivity index (χ3v) is 6.38. The lowest BCUT2D eigenvalue weighted by Crippen LogP contribution is -2.37. The van der Waals surface area contributed by atoms with E-state index in [9.17, 15) is 4.79 Å². The number of benzene rings is 2. The number of hydrogen-bond acceptors (Lipinski definition) is 7. The Balaban J connectivity index is 1.23. The molecule has 1 aliphatic rings. The van der Waals surface area contributed by atoms with E-state index in [1.807, 2.05) is 54.7 Å². The molecule has 4 aromatic rings. The van der Waals surface area contributed by atoms with Crippen molar-refractivity contribution < 1.29 is 14.3 Å². The van der Waals surface area contributed by atoms with Crippen molar-refractivity contribution in [2.75, 3.05) is 45.3 Å². The second-order valence-electron chi connectivity index (χ2n) is 8.95. The Morgan fingerprint density at radius 1 is 1.06 bits per heavy atom. The number of nitrogens with zero attached hydrogens (tertiary/aromatic N) is 4. The predicted molar refractivity (Wildman–Crippen MR) is 140 cm³/mol. The van der Waals surface area contributed by atoms with Crippen LogP contribution in [0.3, 0.4) is 0 Å². The number of rotatable bonds is 10. The zero-order chi connectivity index (χ0) is 24.7. The molecule has 2 aromatic carbocycles. The summed E-state index contributed by atoms with van der Waals surface area (Å²) in [5, 5.41) is 7.81. The van der Waals surface area contributed by atoms with E-state index >= 15 is 0 Å². The molecule has 0 bridgehead atoms. The van der Waals surface area contributed by atoms with E-state index in [-0.39, 0.29) is 5.78 Å². The molecule has 1 aliphatic heterocycles. The maximum Gasteiger partial charge on any atom is 0.247 e. The van der Waals surface area contributed by atoms with Gasteiger partial charge < -0.3 is 14.8 Å². The molecule has 1 N–H and O–H groups in total. The van der Waals surface area contributed by atoms with Crippen molar-refractivity contribution in [3.05, 3.63) is 72.4 Å². The van der Waals surface area contributed by atoms with Crippen LogP contribution >= 0.6 is 0 Å². The number of fused-ring (bicyclic) bond motifs is 1. The standard InChI is InChI=1S/C28H31N5O3/c1-35-26-10-3-2-9-25(26)29-28-30-27-12-11-23(20-33(27)31-28)22-7-4-6-21(18-22)19-24(34)8-5-13-32-14-16-36-17-15-32/h2-4,6-7,9-12,18,20H,5,8,13-17,19H2,1H3,(H,29,31). The Morgan fingerprint density at radius 2 is 1.92 bits per heavy atom. The number of para-hydroxylation sites is 2. The fourth-order valence-corrected chi connectivity index (χ4v) is 4.48. The lowest BCUT2D eigenvalue weighted by Gasteiger charge is -2.26. The van der Waals surface area contributed by atoms with Gasteiger partial charge >= 0.3 is 0 Å². The summed E-state index contributed by atoms with van der Waals surface area (Å²) in [6, 6.07) is 19.8. The molecule has 0 atom stereocenters. The van der Waals surface area contributed by atoms with Gasteiger partial charge in [-0.15, -0.1) is 5.10 Å². The topological polar surface area (TPSA) is 81.0 Å². The highest BCUT2D eigenvalue weighted by Crippen LogP contribution is 2.27. The first-order chi connectivity index (χ1) is 17.7. The highest BCUT2D eigenvalue weighted by atomic mass is 16.5. The number of aromatic nitrogens is 3. The summed E-state index contributed by atoms with van der Waals surface area (Å²) in [6.07, 6.45) is 3.91. The van der Waals surface area contributed by atoms with Crippen molar-refractivity contribution in [1.29, 1.82) is 0 Å². The molecule has 0 radical (unpaired) electrons. The average molecular weight is 486 g/mol. The van der Waals surface area contributed by atoms with Gasteiger partial charge in [0.1, 0.15) is 11.5 Å². The van der Waals surface area contributed by atoms with Crippen LogP contribution in [-0.4, -0.2) is 65.2 Å². The van der Waals surface area contributed by atoms with Gasteiger partial charge in [0.2, 0.25) is 5.95 Å². The van der Waals surface area contributed by atoms with Crippen molar-refractivity contribution in [3.8, 4) is 16.9 Å². The highest BCUT2D eigenvalue weighted by Gasteiger charge is 2.12. The zero-order valence-electron chi connectivity index (χ0n) is 20.5. The van der Waals surface area contributed by atoms with E-state index in [2.05, 4.69) is 32.4 Å². The second kappa shape index (κ2) is 11.3. The summed E-state index contributed by atoms with van der Waals surface area (Å²) in [5.74, 6) is 1.50. The Hall–Kier alpha value is -3.75. The molecular weight excluding hydrogens is 454 g/mol. The molecule has 186 valence electrons. The largest absolute Gasteiger partial charge is 0.495 e. The summed E-state index contributed by atoms with van der Waals surface area (Å²) in [4.78, 5) is 19.5. The lowest BCUT2D eigenvalue weighted by atomic mass is 10.0. The molecule has 3 heterocycles. The number of ketones is 1. The highest BCUT2D eigenvalue weighted by molar-refractivity contribution is 5.81. The van der Waals surface area contributed by atoms with Crippen molar-refractivity contribution in [2.24, 2.45) is 0 Å². The van der Waals surface area contributed by atoms with E-state index in [1.165, 1.54) is 0 Å². The number of hydrogen-bond donors (Lipinski definition) is 1. The van der Waals surface area contributed by atoms with Gasteiger partial charge in [-0.3, -0.25) is 9.69 Å². The summed E-state index contributed by atoms with van der Waals surface area (Å²) < 4.78 is 12.5. The van der Waals surface area contributed by atoms with Gasteiger partial charge in [0.15, 0.2) is 5.65 Å². The molecule has 0 aliphatic carbocycles. The maximum atomic E-state index is 12.6. The average Bonchev–Trinajstić information content (AvgIpc) is 3.31. The second-order valence-corrected chi connectivity index (χ2v) is 8.95. The van der Waals surface area contributed by atoms with Crippen molar-refractivity contribution >= 4 is 23.1 Å². The van der Waals surface area contributed by atoms with Gasteiger partial charge in [0.25, 0.3) is 0 Å². The summed E-state index contributed by atoms with van der Waals surface area (Å²) >= 11 is 0. The van der Waals surface area contributed by atoms with Crippen LogP contribution < -0.4 is 10.1 Å². The van der Waals surface area contributed by atoms with Crippen LogP contribution in [0.2, 0.25) is 0 Å². The van der Waals surface area contributed by atoms with E-state index in [0.717, 1.165) is 73.0 Å². The Bertz CT molecular complexity index is 1330. The molecule has 1 saturated heterocycles. The molecule has 5 rings (SSSR count).